The van der Waals surface area contributed by atoms with E-state index in [1.54, 1.807) is 7.11 Å². The quantitative estimate of drug-likeness (QED) is 0.738. The summed E-state index contributed by atoms with van der Waals surface area (Å²) in [5, 5.41) is 0. The Morgan fingerprint density at radius 1 is 1.07 bits per heavy atom. The Bertz CT molecular complexity index is 987. The molecule has 2 aromatic carbocycles. The summed E-state index contributed by atoms with van der Waals surface area (Å²) >= 11 is 0. The zero-order chi connectivity index (χ0) is 20.9. The van der Waals surface area contributed by atoms with Gasteiger partial charge in [-0.15, -0.1) is 0 Å². The van der Waals surface area contributed by atoms with Gasteiger partial charge in [0.25, 0.3) is 5.91 Å². The molecule has 0 N–H and O–H groups in total. The van der Waals surface area contributed by atoms with E-state index in [0.29, 0.717) is 26.3 Å². The molecule has 1 amide bonds. The first-order valence-corrected chi connectivity index (χ1v) is 10.3. The highest BCUT2D eigenvalue weighted by Gasteiger charge is 2.33. The van der Waals surface area contributed by atoms with Gasteiger partial charge in [0, 0.05) is 44.4 Å². The molecular formula is C25H27N3O2. The summed E-state index contributed by atoms with van der Waals surface area (Å²) in [6, 6.07) is 17.9. The number of carbonyl (C=O) groups excluding carboxylic acids is 1. The standard InChI is InChI=1S/C25H27N3O2/c1-26-19-28(17-21-7-4-3-5-8-21)25(29)23-18-27(16-14-24(23)26)15-6-9-20-10-12-22(30-2)13-11-20/h3-5,7-8,10-13H,14-19H2,1-2H3. The van der Waals surface area contributed by atoms with Crippen LogP contribution in [0.1, 0.15) is 17.5 Å². The molecule has 0 unspecified atom stereocenters. The smallest absolute Gasteiger partial charge is 0.254 e. The summed E-state index contributed by atoms with van der Waals surface area (Å²) < 4.78 is 5.18. The first-order valence-electron chi connectivity index (χ1n) is 10.3. The van der Waals surface area contributed by atoms with Gasteiger partial charge in [-0.1, -0.05) is 42.2 Å². The van der Waals surface area contributed by atoms with E-state index < -0.39 is 0 Å². The highest BCUT2D eigenvalue weighted by Crippen LogP contribution is 2.27. The molecule has 30 heavy (non-hydrogen) atoms. The van der Waals surface area contributed by atoms with Crippen molar-refractivity contribution in [1.29, 1.82) is 0 Å². The number of hydrogen-bond donors (Lipinski definition) is 0. The minimum Gasteiger partial charge on any atom is -0.497 e. The molecule has 2 aliphatic heterocycles. The summed E-state index contributed by atoms with van der Waals surface area (Å²) in [7, 11) is 3.74. The van der Waals surface area contributed by atoms with Gasteiger partial charge in [-0.2, -0.15) is 0 Å². The van der Waals surface area contributed by atoms with Crippen LogP contribution in [-0.4, -0.2) is 61.1 Å². The maximum Gasteiger partial charge on any atom is 0.254 e. The first kappa shape index (κ1) is 20.1. The van der Waals surface area contributed by atoms with Crippen LogP contribution in [-0.2, 0) is 11.3 Å². The average Bonchev–Trinajstić information content (AvgIpc) is 2.78. The molecule has 0 radical (unpaired) electrons. The summed E-state index contributed by atoms with van der Waals surface area (Å²) in [6.07, 6.45) is 0.890. The Labute approximate surface area is 178 Å². The normalized spacial score (nSPS) is 16.8. The number of carbonyl (C=O) groups is 1. The molecule has 2 aromatic rings. The third kappa shape index (κ3) is 4.50. The first-order chi connectivity index (χ1) is 14.6. The largest absolute Gasteiger partial charge is 0.497 e. The molecule has 2 heterocycles. The second-order valence-electron chi connectivity index (χ2n) is 7.74. The van der Waals surface area contributed by atoms with Crippen LogP contribution in [0.15, 0.2) is 65.9 Å². The van der Waals surface area contributed by atoms with Crippen molar-refractivity contribution in [2.24, 2.45) is 0 Å². The van der Waals surface area contributed by atoms with Crippen LogP contribution in [0.5, 0.6) is 5.75 Å². The SMILES string of the molecule is COc1ccc(C#CCN2CCC3=C(C2)C(=O)N(Cc2ccccc2)CN3C)cc1. The van der Waals surface area contributed by atoms with Gasteiger partial charge in [-0.25, -0.2) is 0 Å². The number of ether oxygens (including phenoxy) is 1. The predicted octanol–water partition coefficient (Wildman–Crippen LogP) is 2.94. The highest BCUT2D eigenvalue weighted by atomic mass is 16.5. The molecule has 0 fully saturated rings. The topological polar surface area (TPSA) is 36.0 Å². The van der Waals surface area contributed by atoms with Gasteiger partial charge in [0.1, 0.15) is 5.75 Å². The Morgan fingerprint density at radius 2 is 1.83 bits per heavy atom. The van der Waals surface area contributed by atoms with Gasteiger partial charge in [0.15, 0.2) is 0 Å². The fourth-order valence-electron chi connectivity index (χ4n) is 4.01. The summed E-state index contributed by atoms with van der Waals surface area (Å²) in [6.45, 7) is 3.51. The molecule has 0 atom stereocenters. The van der Waals surface area contributed by atoms with Crippen molar-refractivity contribution < 1.29 is 9.53 Å². The molecule has 0 bridgehead atoms. The highest BCUT2D eigenvalue weighted by molar-refractivity contribution is 5.95. The van der Waals surface area contributed by atoms with E-state index in [0.717, 1.165) is 35.4 Å². The van der Waals surface area contributed by atoms with Crippen LogP contribution >= 0.6 is 0 Å². The molecule has 0 spiro atoms. The van der Waals surface area contributed by atoms with Gasteiger partial charge >= 0.3 is 0 Å². The van der Waals surface area contributed by atoms with Crippen molar-refractivity contribution in [3.63, 3.8) is 0 Å². The van der Waals surface area contributed by atoms with E-state index >= 15 is 0 Å². The van der Waals surface area contributed by atoms with Crippen LogP contribution in [0.25, 0.3) is 0 Å². The molecule has 5 nitrogen and oxygen atoms in total. The van der Waals surface area contributed by atoms with Crippen LogP contribution in [0, 0.1) is 11.8 Å². The Hall–Kier alpha value is -3.23. The zero-order valence-corrected chi connectivity index (χ0v) is 17.6. The lowest BCUT2D eigenvalue weighted by Crippen LogP contribution is -2.50. The lowest BCUT2D eigenvalue weighted by molar-refractivity contribution is -0.131. The Kier molecular flexibility index (Phi) is 6.06. The lowest BCUT2D eigenvalue weighted by atomic mass is 10.0. The van der Waals surface area contributed by atoms with E-state index in [2.05, 4.69) is 40.8 Å². The number of nitrogens with zero attached hydrogens (tertiary/aromatic N) is 3. The second-order valence-corrected chi connectivity index (χ2v) is 7.74. The molecule has 5 heteroatoms. The molecule has 154 valence electrons. The van der Waals surface area contributed by atoms with Crippen molar-refractivity contribution in [2.75, 3.05) is 40.5 Å². The molecule has 4 rings (SSSR count). The predicted molar refractivity (Wildman–Crippen MR) is 118 cm³/mol. The van der Waals surface area contributed by atoms with Gasteiger partial charge in [0.05, 0.1) is 25.9 Å². The number of amides is 1. The van der Waals surface area contributed by atoms with E-state index in [1.807, 2.05) is 47.4 Å². The third-order valence-corrected chi connectivity index (χ3v) is 5.63. The molecule has 2 aliphatic rings. The maximum absolute atomic E-state index is 13.2. The van der Waals surface area contributed by atoms with Crippen LogP contribution in [0.3, 0.4) is 0 Å². The van der Waals surface area contributed by atoms with Crippen molar-refractivity contribution >= 4 is 5.91 Å². The Balaban J connectivity index is 1.41. The van der Waals surface area contributed by atoms with Crippen LogP contribution < -0.4 is 4.74 Å². The number of methoxy groups -OCH3 is 1. The van der Waals surface area contributed by atoms with Crippen molar-refractivity contribution in [1.82, 2.24) is 14.7 Å². The maximum atomic E-state index is 13.2. The molecule has 0 saturated heterocycles. The molecular weight excluding hydrogens is 374 g/mol. The lowest BCUT2D eigenvalue weighted by Gasteiger charge is -2.42. The van der Waals surface area contributed by atoms with E-state index in [9.17, 15) is 4.79 Å². The van der Waals surface area contributed by atoms with E-state index in [4.69, 9.17) is 4.74 Å². The van der Waals surface area contributed by atoms with E-state index in [1.165, 1.54) is 5.70 Å². The minimum absolute atomic E-state index is 0.153. The van der Waals surface area contributed by atoms with Crippen LogP contribution in [0.4, 0.5) is 0 Å². The zero-order valence-electron chi connectivity index (χ0n) is 17.6. The van der Waals surface area contributed by atoms with Gasteiger partial charge in [-0.05, 0) is 29.8 Å². The average molecular weight is 402 g/mol. The van der Waals surface area contributed by atoms with Gasteiger partial charge < -0.3 is 14.5 Å². The van der Waals surface area contributed by atoms with Crippen molar-refractivity contribution in [3.05, 3.63) is 77.0 Å². The molecule has 0 saturated carbocycles. The molecule has 0 aliphatic carbocycles. The van der Waals surface area contributed by atoms with Crippen molar-refractivity contribution in [2.45, 2.75) is 13.0 Å². The second kappa shape index (κ2) is 9.06. The van der Waals surface area contributed by atoms with Gasteiger partial charge in [-0.3, -0.25) is 9.69 Å². The Morgan fingerprint density at radius 3 is 2.57 bits per heavy atom. The van der Waals surface area contributed by atoms with Gasteiger partial charge in [0.2, 0.25) is 0 Å². The third-order valence-electron chi connectivity index (χ3n) is 5.63. The number of rotatable bonds is 4. The molecule has 0 aromatic heterocycles. The monoisotopic (exact) mass is 401 g/mol. The summed E-state index contributed by atoms with van der Waals surface area (Å²) in [5.74, 6) is 7.45. The van der Waals surface area contributed by atoms with Crippen LogP contribution in [0.2, 0.25) is 0 Å². The number of hydrogen-bond acceptors (Lipinski definition) is 4. The van der Waals surface area contributed by atoms with E-state index in [-0.39, 0.29) is 5.91 Å². The van der Waals surface area contributed by atoms with Crippen molar-refractivity contribution in [3.8, 4) is 17.6 Å². The number of benzene rings is 2. The summed E-state index contributed by atoms with van der Waals surface area (Å²) in [4.78, 5) is 19.6. The summed E-state index contributed by atoms with van der Waals surface area (Å²) in [5.41, 5.74) is 4.22. The fraction of sp³-hybridized carbons (Fsp3) is 0.320. The minimum atomic E-state index is 0.153. The fourth-order valence-corrected chi connectivity index (χ4v) is 4.01.